The number of aromatic hydroxyl groups is 1. The van der Waals surface area contributed by atoms with Crippen molar-refractivity contribution in [1.29, 1.82) is 0 Å². The average molecular weight is 518 g/mol. The van der Waals surface area contributed by atoms with Crippen molar-refractivity contribution in [3.05, 3.63) is 62.7 Å². The van der Waals surface area contributed by atoms with Gasteiger partial charge in [-0.05, 0) is 68.7 Å². The van der Waals surface area contributed by atoms with Gasteiger partial charge in [-0.25, -0.2) is 0 Å². The Balaban J connectivity index is 1.25. The Morgan fingerprint density at radius 2 is 1.87 bits per heavy atom. The number of fused-ring (bicyclic) bond motifs is 1. The van der Waals surface area contributed by atoms with Gasteiger partial charge in [0, 0.05) is 30.3 Å². The molecule has 6 aliphatic rings. The van der Waals surface area contributed by atoms with Crippen molar-refractivity contribution >= 4 is 17.5 Å². The number of phenolic OH excluding ortho intramolecular Hbond substituents is 1. The number of nitrogens with zero attached hydrogens (tertiary/aromatic N) is 3. The number of rotatable bonds is 4. The van der Waals surface area contributed by atoms with Crippen LogP contribution < -0.4 is 4.74 Å². The molecule has 3 heterocycles. The molecule has 2 aromatic rings. The lowest BCUT2D eigenvalue weighted by atomic mass is 9.48. The van der Waals surface area contributed by atoms with E-state index in [0.717, 1.165) is 30.3 Å². The molecule has 1 saturated heterocycles. The van der Waals surface area contributed by atoms with Crippen LogP contribution in [0.25, 0.3) is 0 Å². The number of aliphatic hydroxyl groups is 1. The van der Waals surface area contributed by atoms with Crippen molar-refractivity contribution in [3.8, 4) is 11.5 Å². The van der Waals surface area contributed by atoms with E-state index in [4.69, 9.17) is 4.74 Å². The smallest absolute Gasteiger partial charge is 0.270 e. The van der Waals surface area contributed by atoms with Crippen LogP contribution in [0.2, 0.25) is 0 Å². The zero-order valence-electron chi connectivity index (χ0n) is 20.6. The van der Waals surface area contributed by atoms with Crippen LogP contribution in [-0.2, 0) is 11.8 Å². The van der Waals surface area contributed by atoms with E-state index in [-0.39, 0.29) is 28.6 Å². The minimum atomic E-state index is -1.13. The van der Waals surface area contributed by atoms with Gasteiger partial charge >= 0.3 is 0 Å². The predicted octanol–water partition coefficient (Wildman–Crippen LogP) is 2.53. The van der Waals surface area contributed by atoms with Crippen molar-refractivity contribution in [2.75, 3.05) is 13.1 Å². The maximum Gasteiger partial charge on any atom is 0.270 e. The van der Waals surface area contributed by atoms with Gasteiger partial charge in [0.05, 0.1) is 33.1 Å². The van der Waals surface area contributed by atoms with E-state index >= 15 is 0 Å². The molecule has 10 heteroatoms. The minimum Gasteiger partial charge on any atom is -0.504 e. The zero-order valence-corrected chi connectivity index (χ0v) is 20.6. The van der Waals surface area contributed by atoms with E-state index in [0.29, 0.717) is 37.4 Å². The normalized spacial score (nSPS) is 34.7. The highest BCUT2D eigenvalue weighted by Gasteiger charge is 2.74. The Labute approximate surface area is 217 Å². The summed E-state index contributed by atoms with van der Waals surface area (Å²) in [6.45, 7) is 1.72. The fourth-order valence-electron chi connectivity index (χ4n) is 8.38. The Morgan fingerprint density at radius 3 is 2.63 bits per heavy atom. The van der Waals surface area contributed by atoms with Gasteiger partial charge in [0.2, 0.25) is 0 Å². The van der Waals surface area contributed by atoms with Crippen molar-refractivity contribution < 1.29 is 29.5 Å². The molecule has 1 spiro atoms. The quantitative estimate of drug-likeness (QED) is 0.359. The lowest BCUT2D eigenvalue weighted by molar-refractivity contribution is -0.384. The molecular formula is C28H27N3O7. The van der Waals surface area contributed by atoms with Crippen LogP contribution in [0.1, 0.15) is 63.9 Å². The van der Waals surface area contributed by atoms with E-state index in [1.54, 1.807) is 6.07 Å². The predicted molar refractivity (Wildman–Crippen MR) is 132 cm³/mol. The molecule has 0 unspecified atom stereocenters. The van der Waals surface area contributed by atoms with E-state index in [1.807, 2.05) is 6.07 Å². The van der Waals surface area contributed by atoms with E-state index in [9.17, 15) is 29.9 Å². The lowest BCUT2D eigenvalue weighted by Gasteiger charge is -2.64. The highest BCUT2D eigenvalue weighted by Crippen LogP contribution is 2.66. The molecule has 5 atom stereocenters. The largest absolute Gasteiger partial charge is 0.504 e. The van der Waals surface area contributed by atoms with Gasteiger partial charge in [-0.3, -0.25) is 29.5 Å². The fourth-order valence-corrected chi connectivity index (χ4v) is 8.38. The number of carbonyl (C=O) groups is 2. The number of carbonyl (C=O) groups excluding carboxylic acids is 2. The second kappa shape index (κ2) is 7.12. The Bertz CT molecular complexity index is 1470. The summed E-state index contributed by atoms with van der Waals surface area (Å²) in [6.07, 6.45) is 3.67. The first-order chi connectivity index (χ1) is 18.2. The third-order valence-electron chi connectivity index (χ3n) is 10.2. The maximum atomic E-state index is 13.6. The van der Waals surface area contributed by atoms with Crippen LogP contribution in [0.5, 0.6) is 11.5 Å². The Kier molecular flexibility index (Phi) is 4.21. The number of hydrogen-bond acceptors (Lipinski definition) is 8. The number of piperidine rings is 1. The van der Waals surface area contributed by atoms with Crippen molar-refractivity contribution in [1.82, 2.24) is 9.80 Å². The van der Waals surface area contributed by atoms with Crippen molar-refractivity contribution in [2.45, 2.75) is 67.7 Å². The summed E-state index contributed by atoms with van der Waals surface area (Å²) < 4.78 is 6.50. The number of likely N-dealkylation sites (tertiary alicyclic amines) is 1. The molecule has 2 amide bonds. The van der Waals surface area contributed by atoms with Crippen LogP contribution in [0.4, 0.5) is 5.69 Å². The standard InChI is InChI=1S/C28H27N3O7/c32-20-6-3-15-11-21-28(35)8-7-19(30-25(33)17-5-4-16(31(36)37)12-18(17)26(30)34)24-27(28,22(15)23(20)38-24)9-10-29(21)13-14-1-2-14/h3-6,12,14,19,21,24,32,35H,1-2,7-11,13H2/t19-,21+,24+,27+,28-/m1/s1. The van der Waals surface area contributed by atoms with Gasteiger partial charge in [0.25, 0.3) is 17.5 Å². The first kappa shape index (κ1) is 22.5. The number of nitro benzene ring substituents is 1. The second-order valence-electron chi connectivity index (χ2n) is 11.9. The minimum absolute atomic E-state index is 0.00882. The molecule has 196 valence electrons. The van der Waals surface area contributed by atoms with Gasteiger partial charge in [0.1, 0.15) is 6.10 Å². The zero-order chi connectivity index (χ0) is 26.1. The molecule has 10 nitrogen and oxygen atoms in total. The van der Waals surface area contributed by atoms with Crippen LogP contribution in [0.3, 0.4) is 0 Å². The summed E-state index contributed by atoms with van der Waals surface area (Å²) in [5.41, 5.74) is -0.242. The average Bonchev–Trinajstić information content (AvgIpc) is 3.59. The molecule has 2 N–H and O–H groups in total. The summed E-state index contributed by atoms with van der Waals surface area (Å²) in [6, 6.07) is 6.48. The molecule has 3 aliphatic heterocycles. The van der Waals surface area contributed by atoms with Gasteiger partial charge in [-0.15, -0.1) is 0 Å². The van der Waals surface area contributed by atoms with Crippen LogP contribution in [0.15, 0.2) is 30.3 Å². The molecule has 0 aromatic heterocycles. The van der Waals surface area contributed by atoms with E-state index in [1.165, 1.54) is 29.9 Å². The highest BCUT2D eigenvalue weighted by molar-refractivity contribution is 6.22. The molecule has 0 radical (unpaired) electrons. The number of phenols is 1. The topological polar surface area (TPSA) is 133 Å². The van der Waals surface area contributed by atoms with Gasteiger partial charge in [-0.2, -0.15) is 0 Å². The van der Waals surface area contributed by atoms with Crippen molar-refractivity contribution in [2.24, 2.45) is 5.92 Å². The molecule has 2 aromatic carbocycles. The number of hydrogen-bond donors (Lipinski definition) is 2. The van der Waals surface area contributed by atoms with Gasteiger partial charge in [0.15, 0.2) is 11.5 Å². The van der Waals surface area contributed by atoms with E-state index < -0.39 is 39.9 Å². The molecule has 3 aliphatic carbocycles. The number of nitro groups is 1. The Morgan fingerprint density at radius 1 is 1.08 bits per heavy atom. The molecule has 8 rings (SSSR count). The van der Waals surface area contributed by atoms with Crippen molar-refractivity contribution in [3.63, 3.8) is 0 Å². The lowest BCUT2D eigenvalue weighted by Crippen LogP contribution is -2.78. The fraction of sp³-hybridized carbons (Fsp3) is 0.500. The number of imide groups is 1. The molecule has 3 fully saturated rings. The summed E-state index contributed by atoms with van der Waals surface area (Å²) >= 11 is 0. The van der Waals surface area contributed by atoms with Gasteiger partial charge in [-0.1, -0.05) is 6.07 Å². The number of benzene rings is 2. The third kappa shape index (κ3) is 2.55. The number of amides is 2. The second-order valence-corrected chi connectivity index (χ2v) is 11.9. The first-order valence-corrected chi connectivity index (χ1v) is 13.4. The van der Waals surface area contributed by atoms with Crippen LogP contribution in [0, 0.1) is 16.0 Å². The highest BCUT2D eigenvalue weighted by atomic mass is 16.6. The number of ether oxygens (including phenoxy) is 1. The molecule has 38 heavy (non-hydrogen) atoms. The monoisotopic (exact) mass is 517 g/mol. The summed E-state index contributed by atoms with van der Waals surface area (Å²) in [5.74, 6) is -0.0826. The summed E-state index contributed by atoms with van der Waals surface area (Å²) in [5, 5.41) is 34.8. The molecular weight excluding hydrogens is 490 g/mol. The van der Waals surface area contributed by atoms with Crippen LogP contribution >= 0.6 is 0 Å². The summed E-state index contributed by atoms with van der Waals surface area (Å²) in [4.78, 5) is 41.5. The molecule has 2 saturated carbocycles. The Hall–Kier alpha value is -3.50. The van der Waals surface area contributed by atoms with Gasteiger partial charge < -0.3 is 14.9 Å². The number of non-ortho nitro benzene ring substituents is 1. The third-order valence-corrected chi connectivity index (χ3v) is 10.2. The summed E-state index contributed by atoms with van der Waals surface area (Å²) in [7, 11) is 0. The van der Waals surface area contributed by atoms with E-state index in [2.05, 4.69) is 4.90 Å². The first-order valence-electron chi connectivity index (χ1n) is 13.4. The van der Waals surface area contributed by atoms with Crippen LogP contribution in [-0.4, -0.2) is 73.6 Å². The molecule has 2 bridgehead atoms. The SMILES string of the molecule is O=C1c2ccc([N+](=O)[O-])cc2C(=O)N1[C@@H]1CC[C@@]2(O)[C@@H]3Cc4ccc(O)c5c4[C@@]2(CCN3CC2CC2)[C@H]1O5. The maximum absolute atomic E-state index is 13.6.